The summed E-state index contributed by atoms with van der Waals surface area (Å²) >= 11 is 1.32. The molecule has 0 aliphatic rings. The van der Waals surface area contributed by atoms with E-state index in [1.54, 1.807) is 26.0 Å². The zero-order valence-corrected chi connectivity index (χ0v) is 16.9. The molecule has 4 rings (SSSR count). The number of nitro benzene ring substituents is 1. The lowest BCUT2D eigenvalue weighted by molar-refractivity contribution is -0.384. The van der Waals surface area contributed by atoms with Crippen molar-refractivity contribution in [1.82, 2.24) is 14.8 Å². The highest BCUT2D eigenvalue weighted by atomic mass is 32.1. The standard InChI is InChI=1S/C20H16N6O3S/c1-12-7-6-10-16(26(28)29)17(12)22-23-18-13(2)24-25(19(18)27)20-21-15(11-30-20)14-8-4-3-5-9-14/h3-11,24H,1-2H3. The number of H-pyrrole nitrogens is 1. The fourth-order valence-corrected chi connectivity index (χ4v) is 3.71. The van der Waals surface area contributed by atoms with Crippen molar-refractivity contribution in [2.24, 2.45) is 10.2 Å². The Hall–Kier alpha value is -3.92. The lowest BCUT2D eigenvalue weighted by atomic mass is 10.2. The number of hydrogen-bond donors (Lipinski definition) is 1. The Kier molecular flexibility index (Phi) is 5.07. The van der Waals surface area contributed by atoms with Gasteiger partial charge in [0.1, 0.15) is 0 Å². The number of thiazole rings is 1. The van der Waals surface area contributed by atoms with Crippen LogP contribution in [-0.4, -0.2) is 19.7 Å². The average molecular weight is 420 g/mol. The van der Waals surface area contributed by atoms with Gasteiger partial charge in [0.2, 0.25) is 5.13 Å². The van der Waals surface area contributed by atoms with E-state index in [2.05, 4.69) is 20.3 Å². The highest BCUT2D eigenvalue weighted by Crippen LogP contribution is 2.32. The van der Waals surface area contributed by atoms with Crippen LogP contribution >= 0.6 is 11.3 Å². The maximum atomic E-state index is 12.9. The second-order valence-electron chi connectivity index (χ2n) is 6.51. The van der Waals surface area contributed by atoms with Gasteiger partial charge in [0, 0.05) is 17.0 Å². The van der Waals surface area contributed by atoms with E-state index < -0.39 is 10.5 Å². The van der Waals surface area contributed by atoms with Gasteiger partial charge in [-0.1, -0.05) is 42.5 Å². The third-order valence-electron chi connectivity index (χ3n) is 4.46. The van der Waals surface area contributed by atoms with E-state index >= 15 is 0 Å². The van der Waals surface area contributed by atoms with E-state index in [9.17, 15) is 14.9 Å². The number of aromatic nitrogens is 3. The maximum Gasteiger partial charge on any atom is 0.301 e. The number of nitro groups is 1. The van der Waals surface area contributed by atoms with Crippen LogP contribution in [0.2, 0.25) is 0 Å². The number of nitrogens with one attached hydrogen (secondary N) is 1. The van der Waals surface area contributed by atoms with Gasteiger partial charge in [-0.05, 0) is 19.4 Å². The van der Waals surface area contributed by atoms with Gasteiger partial charge >= 0.3 is 5.56 Å². The van der Waals surface area contributed by atoms with Gasteiger partial charge in [0.15, 0.2) is 11.4 Å². The van der Waals surface area contributed by atoms with E-state index in [0.717, 1.165) is 11.3 Å². The molecule has 0 unspecified atom stereocenters. The maximum absolute atomic E-state index is 12.9. The van der Waals surface area contributed by atoms with Crippen LogP contribution in [0.3, 0.4) is 0 Å². The molecule has 0 fully saturated rings. The van der Waals surface area contributed by atoms with Crippen LogP contribution in [0.15, 0.2) is 68.9 Å². The van der Waals surface area contributed by atoms with Gasteiger partial charge in [0.25, 0.3) is 5.69 Å². The first-order valence-electron chi connectivity index (χ1n) is 8.94. The van der Waals surface area contributed by atoms with Gasteiger partial charge in [-0.15, -0.1) is 21.6 Å². The third-order valence-corrected chi connectivity index (χ3v) is 5.28. The molecule has 0 amide bonds. The van der Waals surface area contributed by atoms with Crippen LogP contribution in [0, 0.1) is 24.0 Å². The largest absolute Gasteiger partial charge is 0.301 e. The number of rotatable bonds is 5. The zero-order valence-electron chi connectivity index (χ0n) is 16.1. The summed E-state index contributed by atoms with van der Waals surface area (Å²) in [6.45, 7) is 3.38. The topological polar surface area (TPSA) is 119 Å². The highest BCUT2D eigenvalue weighted by Gasteiger charge is 2.18. The molecule has 1 N–H and O–H groups in total. The summed E-state index contributed by atoms with van der Waals surface area (Å²) in [5.74, 6) is 0. The molecular formula is C20H16N6O3S. The Morgan fingerprint density at radius 2 is 1.80 bits per heavy atom. The van der Waals surface area contributed by atoms with Crippen molar-refractivity contribution in [3.8, 4) is 16.4 Å². The van der Waals surface area contributed by atoms with E-state index in [1.807, 2.05) is 35.7 Å². The number of aromatic amines is 1. The van der Waals surface area contributed by atoms with E-state index in [-0.39, 0.29) is 17.1 Å². The summed E-state index contributed by atoms with van der Waals surface area (Å²) in [5.41, 5.74) is 2.38. The molecule has 2 heterocycles. The van der Waals surface area contributed by atoms with Crippen LogP contribution in [0.1, 0.15) is 11.3 Å². The Bertz CT molecular complexity index is 1320. The van der Waals surface area contributed by atoms with Crippen LogP contribution in [-0.2, 0) is 0 Å². The number of azo groups is 1. The minimum atomic E-state index is -0.524. The predicted molar refractivity (Wildman–Crippen MR) is 114 cm³/mol. The summed E-state index contributed by atoms with van der Waals surface area (Å²) in [6.07, 6.45) is 0. The molecule has 10 heteroatoms. The second kappa shape index (κ2) is 7.84. The normalized spacial score (nSPS) is 11.3. The second-order valence-corrected chi connectivity index (χ2v) is 7.34. The smallest absolute Gasteiger partial charge is 0.291 e. The number of aryl methyl sites for hydroxylation is 2. The molecule has 0 saturated carbocycles. The van der Waals surface area contributed by atoms with Crippen molar-refractivity contribution in [3.05, 3.63) is 85.6 Å². The minimum Gasteiger partial charge on any atom is -0.291 e. The number of benzene rings is 2. The molecule has 0 atom stereocenters. The molecule has 0 aliphatic heterocycles. The van der Waals surface area contributed by atoms with E-state index in [0.29, 0.717) is 16.4 Å². The van der Waals surface area contributed by atoms with Gasteiger partial charge in [0.05, 0.1) is 16.3 Å². The highest BCUT2D eigenvalue weighted by molar-refractivity contribution is 7.12. The Labute approximate surface area is 174 Å². The lowest BCUT2D eigenvalue weighted by Gasteiger charge is -1.99. The fourth-order valence-electron chi connectivity index (χ4n) is 2.92. The molecule has 0 aliphatic carbocycles. The summed E-state index contributed by atoms with van der Waals surface area (Å²) < 4.78 is 1.30. The van der Waals surface area contributed by atoms with Crippen molar-refractivity contribution >= 4 is 28.4 Å². The molecule has 9 nitrogen and oxygen atoms in total. The minimum absolute atomic E-state index is 0.0732. The van der Waals surface area contributed by atoms with Crippen molar-refractivity contribution in [2.45, 2.75) is 13.8 Å². The van der Waals surface area contributed by atoms with Crippen LogP contribution < -0.4 is 5.56 Å². The van der Waals surface area contributed by atoms with Gasteiger partial charge in [-0.2, -0.15) is 4.68 Å². The molecule has 30 heavy (non-hydrogen) atoms. The molecular weight excluding hydrogens is 404 g/mol. The Morgan fingerprint density at radius 1 is 1.07 bits per heavy atom. The van der Waals surface area contributed by atoms with Crippen molar-refractivity contribution in [2.75, 3.05) is 0 Å². The molecule has 150 valence electrons. The molecule has 0 radical (unpaired) electrons. The van der Waals surface area contributed by atoms with Crippen LogP contribution in [0.5, 0.6) is 0 Å². The first kappa shape index (κ1) is 19.4. The Balaban J connectivity index is 1.71. The SMILES string of the molecule is Cc1cccc([N+](=O)[O-])c1N=Nc1c(C)[nH]n(-c2nc(-c3ccccc3)cs2)c1=O. The average Bonchev–Trinajstić information content (AvgIpc) is 3.33. The number of hydrogen-bond acceptors (Lipinski definition) is 7. The quantitative estimate of drug-likeness (QED) is 0.270. The predicted octanol–water partition coefficient (Wildman–Crippen LogP) is 5.23. The zero-order chi connectivity index (χ0) is 21.3. The first-order valence-corrected chi connectivity index (χ1v) is 9.82. The van der Waals surface area contributed by atoms with Crippen LogP contribution in [0.4, 0.5) is 17.1 Å². The van der Waals surface area contributed by atoms with Crippen LogP contribution in [0.25, 0.3) is 16.4 Å². The molecule has 0 spiro atoms. The molecule has 0 bridgehead atoms. The lowest BCUT2D eigenvalue weighted by Crippen LogP contribution is -2.13. The first-order chi connectivity index (χ1) is 14.5. The fraction of sp³-hybridized carbons (Fsp3) is 0.100. The molecule has 4 aromatic rings. The van der Waals surface area contributed by atoms with Crippen molar-refractivity contribution in [1.29, 1.82) is 0 Å². The molecule has 2 aromatic heterocycles. The molecule has 0 saturated heterocycles. The van der Waals surface area contributed by atoms with Crippen molar-refractivity contribution in [3.63, 3.8) is 0 Å². The summed E-state index contributed by atoms with van der Waals surface area (Å²) in [7, 11) is 0. The van der Waals surface area contributed by atoms with Gasteiger partial charge in [-0.25, -0.2) is 4.98 Å². The molecule has 2 aromatic carbocycles. The van der Waals surface area contributed by atoms with Crippen molar-refractivity contribution < 1.29 is 4.92 Å². The summed E-state index contributed by atoms with van der Waals surface area (Å²) in [5, 5.41) is 24.6. The van der Waals surface area contributed by atoms with E-state index in [1.165, 1.54) is 22.1 Å². The van der Waals surface area contributed by atoms with Gasteiger partial charge < -0.3 is 0 Å². The summed E-state index contributed by atoms with van der Waals surface area (Å²) in [4.78, 5) is 28.1. The summed E-state index contributed by atoms with van der Waals surface area (Å²) in [6, 6.07) is 14.3. The van der Waals surface area contributed by atoms with E-state index in [4.69, 9.17) is 0 Å². The van der Waals surface area contributed by atoms with Gasteiger partial charge in [-0.3, -0.25) is 20.0 Å². The monoisotopic (exact) mass is 420 g/mol. The third kappa shape index (κ3) is 3.55. The Morgan fingerprint density at radius 3 is 2.53 bits per heavy atom. The number of nitrogens with zero attached hydrogens (tertiary/aromatic N) is 5.